The minimum absolute atomic E-state index is 0.00753. The molecule has 1 aliphatic rings. The number of halogens is 1. The predicted molar refractivity (Wildman–Crippen MR) is 81.1 cm³/mol. The van der Waals surface area contributed by atoms with E-state index in [0.717, 1.165) is 10.0 Å². The number of hydrogen-bond donors (Lipinski definition) is 1. The van der Waals surface area contributed by atoms with Gasteiger partial charge in [0.25, 0.3) is 0 Å². The van der Waals surface area contributed by atoms with Gasteiger partial charge in [0, 0.05) is 23.9 Å². The Hall–Kier alpha value is -1.89. The molecular weight excluding hydrogens is 354 g/mol. The van der Waals surface area contributed by atoms with Gasteiger partial charge >= 0.3 is 11.9 Å². The highest BCUT2D eigenvalue weighted by Crippen LogP contribution is 2.25. The van der Waals surface area contributed by atoms with E-state index in [2.05, 4.69) is 20.7 Å². The van der Waals surface area contributed by atoms with Crippen molar-refractivity contribution in [1.82, 2.24) is 4.90 Å². The molecule has 1 unspecified atom stereocenters. The number of carbonyl (C=O) groups excluding carboxylic acids is 2. The number of hydrogen-bond acceptors (Lipinski definition) is 4. The van der Waals surface area contributed by atoms with Gasteiger partial charge in [-0.1, -0.05) is 34.1 Å². The van der Waals surface area contributed by atoms with Gasteiger partial charge in [0.05, 0.1) is 13.0 Å². The van der Waals surface area contributed by atoms with E-state index in [1.165, 1.54) is 12.0 Å². The average Bonchev–Trinajstić information content (AvgIpc) is 2.87. The number of methoxy groups -OCH3 is 1. The summed E-state index contributed by atoms with van der Waals surface area (Å²) in [6, 6.07) is 6.26. The number of nitrogens with zero attached hydrogens (tertiary/aromatic N) is 1. The molecule has 1 fully saturated rings. The maximum absolute atomic E-state index is 12.1. The third-order valence-electron chi connectivity index (χ3n) is 3.73. The van der Waals surface area contributed by atoms with Crippen molar-refractivity contribution >= 4 is 33.8 Å². The first-order valence-electron chi connectivity index (χ1n) is 6.77. The van der Waals surface area contributed by atoms with Crippen LogP contribution in [-0.4, -0.2) is 47.5 Å². The van der Waals surface area contributed by atoms with E-state index in [1.54, 1.807) is 6.07 Å². The topological polar surface area (TPSA) is 83.9 Å². The summed E-state index contributed by atoms with van der Waals surface area (Å²) in [4.78, 5) is 36.4. The Morgan fingerprint density at radius 3 is 2.73 bits per heavy atom. The lowest BCUT2D eigenvalue weighted by molar-refractivity contribution is -0.148. The van der Waals surface area contributed by atoms with Gasteiger partial charge in [0.2, 0.25) is 5.91 Å². The standard InChI is InChI=1S/C15H16BrNO5/c1-22-15(21)10-7-13(18)17(8-10)12(14(19)20)6-9-4-2-3-5-11(9)16/h2-5,10,12H,6-8H2,1H3,(H,19,20)/t10?,12-/m0/s1. The molecule has 1 aliphatic heterocycles. The van der Waals surface area contributed by atoms with Crippen molar-refractivity contribution in [2.24, 2.45) is 5.92 Å². The summed E-state index contributed by atoms with van der Waals surface area (Å²) in [5.41, 5.74) is 0.796. The zero-order chi connectivity index (χ0) is 16.3. The van der Waals surface area contributed by atoms with Gasteiger partial charge in [-0.2, -0.15) is 0 Å². The van der Waals surface area contributed by atoms with Gasteiger partial charge in [-0.15, -0.1) is 0 Å². The Labute approximate surface area is 136 Å². The van der Waals surface area contributed by atoms with Crippen LogP contribution in [0.3, 0.4) is 0 Å². The fraction of sp³-hybridized carbons (Fsp3) is 0.400. The number of carboxylic acid groups (broad SMARTS) is 1. The van der Waals surface area contributed by atoms with E-state index in [9.17, 15) is 19.5 Å². The van der Waals surface area contributed by atoms with Crippen molar-refractivity contribution < 1.29 is 24.2 Å². The van der Waals surface area contributed by atoms with Crippen LogP contribution in [-0.2, 0) is 25.5 Å². The lowest BCUT2D eigenvalue weighted by Gasteiger charge is -2.25. The van der Waals surface area contributed by atoms with Gasteiger partial charge in [0.1, 0.15) is 6.04 Å². The number of ether oxygens (including phenoxy) is 1. The number of esters is 1. The molecule has 0 aromatic heterocycles. The number of rotatable bonds is 5. The first kappa shape index (κ1) is 16.5. The average molecular weight is 370 g/mol. The first-order chi connectivity index (χ1) is 10.4. The molecule has 1 amide bonds. The quantitative estimate of drug-likeness (QED) is 0.794. The van der Waals surface area contributed by atoms with Crippen LogP contribution in [0.5, 0.6) is 0 Å². The zero-order valence-electron chi connectivity index (χ0n) is 12.0. The Morgan fingerprint density at radius 2 is 2.14 bits per heavy atom. The molecule has 0 bridgehead atoms. The molecule has 1 N–H and O–H groups in total. The minimum atomic E-state index is -1.09. The smallest absolute Gasteiger partial charge is 0.326 e. The summed E-state index contributed by atoms with van der Waals surface area (Å²) in [6.45, 7) is 0.0763. The van der Waals surface area contributed by atoms with Gasteiger partial charge in [-0.05, 0) is 11.6 Å². The summed E-state index contributed by atoms with van der Waals surface area (Å²) < 4.78 is 5.42. The Morgan fingerprint density at radius 1 is 1.45 bits per heavy atom. The number of amides is 1. The van der Waals surface area contributed by atoms with Crippen LogP contribution in [0, 0.1) is 5.92 Å². The normalized spacial score (nSPS) is 19.1. The molecule has 0 saturated carbocycles. The third-order valence-corrected chi connectivity index (χ3v) is 4.50. The Bertz CT molecular complexity index is 603. The molecule has 1 heterocycles. The maximum atomic E-state index is 12.1. The van der Waals surface area contributed by atoms with Crippen LogP contribution in [0.25, 0.3) is 0 Å². The van der Waals surface area contributed by atoms with E-state index in [-0.39, 0.29) is 25.3 Å². The van der Waals surface area contributed by atoms with Crippen molar-refractivity contribution in [3.63, 3.8) is 0 Å². The highest BCUT2D eigenvalue weighted by molar-refractivity contribution is 9.10. The van der Waals surface area contributed by atoms with E-state index in [4.69, 9.17) is 0 Å². The second kappa shape index (κ2) is 6.91. The molecule has 118 valence electrons. The van der Waals surface area contributed by atoms with Crippen LogP contribution < -0.4 is 0 Å². The van der Waals surface area contributed by atoms with Crippen LogP contribution in [0.15, 0.2) is 28.7 Å². The van der Waals surface area contributed by atoms with Crippen LogP contribution in [0.4, 0.5) is 0 Å². The van der Waals surface area contributed by atoms with Crippen molar-refractivity contribution in [2.75, 3.05) is 13.7 Å². The van der Waals surface area contributed by atoms with Crippen LogP contribution >= 0.6 is 15.9 Å². The molecule has 1 aromatic rings. The van der Waals surface area contributed by atoms with E-state index < -0.39 is 23.9 Å². The monoisotopic (exact) mass is 369 g/mol. The van der Waals surface area contributed by atoms with Crippen molar-refractivity contribution in [1.29, 1.82) is 0 Å². The lowest BCUT2D eigenvalue weighted by atomic mass is 10.0. The summed E-state index contributed by atoms with van der Waals surface area (Å²) in [5, 5.41) is 9.46. The maximum Gasteiger partial charge on any atom is 0.326 e. The van der Waals surface area contributed by atoms with Crippen LogP contribution in [0.1, 0.15) is 12.0 Å². The summed E-state index contributed by atoms with van der Waals surface area (Å²) in [5.74, 6) is -2.51. The second-order valence-electron chi connectivity index (χ2n) is 5.12. The molecular formula is C15H16BrNO5. The largest absolute Gasteiger partial charge is 0.480 e. The second-order valence-corrected chi connectivity index (χ2v) is 5.97. The highest BCUT2D eigenvalue weighted by Gasteiger charge is 2.41. The van der Waals surface area contributed by atoms with E-state index in [0.29, 0.717) is 0 Å². The molecule has 0 aliphatic carbocycles. The molecule has 6 nitrogen and oxygen atoms in total. The fourth-order valence-corrected chi connectivity index (χ4v) is 3.01. The van der Waals surface area contributed by atoms with Crippen molar-refractivity contribution in [3.05, 3.63) is 34.3 Å². The van der Waals surface area contributed by atoms with Gasteiger partial charge in [0.15, 0.2) is 0 Å². The molecule has 0 radical (unpaired) electrons. The molecule has 2 rings (SSSR count). The SMILES string of the molecule is COC(=O)C1CC(=O)N([C@@H](Cc2ccccc2Br)C(=O)O)C1. The van der Waals surface area contributed by atoms with Gasteiger partial charge in [-0.3, -0.25) is 9.59 Å². The summed E-state index contributed by atoms with van der Waals surface area (Å²) in [7, 11) is 1.26. The molecule has 1 saturated heterocycles. The van der Waals surface area contributed by atoms with Gasteiger partial charge < -0.3 is 14.7 Å². The molecule has 0 spiro atoms. The lowest BCUT2D eigenvalue weighted by Crippen LogP contribution is -2.44. The van der Waals surface area contributed by atoms with Crippen molar-refractivity contribution in [2.45, 2.75) is 18.9 Å². The first-order valence-corrected chi connectivity index (χ1v) is 7.56. The zero-order valence-corrected chi connectivity index (χ0v) is 13.6. The number of benzene rings is 1. The Balaban J connectivity index is 2.19. The van der Waals surface area contributed by atoms with Crippen LogP contribution in [0.2, 0.25) is 0 Å². The third kappa shape index (κ3) is 3.47. The number of likely N-dealkylation sites (tertiary alicyclic amines) is 1. The van der Waals surface area contributed by atoms with E-state index >= 15 is 0 Å². The minimum Gasteiger partial charge on any atom is -0.480 e. The highest BCUT2D eigenvalue weighted by atomic mass is 79.9. The molecule has 22 heavy (non-hydrogen) atoms. The molecule has 2 atom stereocenters. The predicted octanol–water partition coefficient (Wildman–Crippen LogP) is 1.47. The number of carboxylic acids is 1. The van der Waals surface area contributed by atoms with Gasteiger partial charge in [-0.25, -0.2) is 4.79 Å². The summed E-state index contributed by atoms with van der Waals surface area (Å²) >= 11 is 3.37. The van der Waals surface area contributed by atoms with E-state index in [1.807, 2.05) is 18.2 Å². The number of carbonyl (C=O) groups is 3. The summed E-state index contributed by atoms with van der Waals surface area (Å²) in [6.07, 6.45) is 0.169. The van der Waals surface area contributed by atoms with Crippen molar-refractivity contribution in [3.8, 4) is 0 Å². The fourth-order valence-electron chi connectivity index (χ4n) is 2.56. The molecule has 1 aromatic carbocycles. The number of aliphatic carboxylic acids is 1. The Kier molecular flexibility index (Phi) is 5.18. The molecule has 7 heteroatoms.